The van der Waals surface area contributed by atoms with E-state index in [1.165, 1.54) is 30.1 Å². The average Bonchev–Trinajstić information content (AvgIpc) is 1.99. The van der Waals surface area contributed by atoms with Gasteiger partial charge in [0.15, 0.2) is 0 Å². The summed E-state index contributed by atoms with van der Waals surface area (Å²) in [7, 11) is 0. The van der Waals surface area contributed by atoms with E-state index in [0.717, 1.165) is 6.61 Å². The number of hydrogen-bond acceptors (Lipinski definition) is 1. The lowest BCUT2D eigenvalue weighted by Crippen LogP contribution is -2.04. The summed E-state index contributed by atoms with van der Waals surface area (Å²) in [6.07, 6.45) is 4.91. The zero-order valence-corrected chi connectivity index (χ0v) is 11.3. The van der Waals surface area contributed by atoms with Crippen molar-refractivity contribution in [2.24, 2.45) is 0 Å². The summed E-state index contributed by atoms with van der Waals surface area (Å²) in [4.78, 5) is 0. The lowest BCUT2D eigenvalue weighted by Gasteiger charge is -2.09. The Balaban J connectivity index is 2.97. The van der Waals surface area contributed by atoms with Crippen LogP contribution in [0.25, 0.3) is 0 Å². The summed E-state index contributed by atoms with van der Waals surface area (Å²) in [6, 6.07) is 0. The van der Waals surface area contributed by atoms with E-state index in [9.17, 15) is 0 Å². The fraction of sp³-hybridized carbons (Fsp3) is 1.00. The van der Waals surface area contributed by atoms with Crippen molar-refractivity contribution in [2.75, 3.05) is 11.0 Å². The molecule has 0 fully saturated rings. The topological polar surface area (TPSA) is 9.23 Å². The van der Waals surface area contributed by atoms with Gasteiger partial charge in [-0.3, -0.25) is 0 Å². The van der Waals surface area contributed by atoms with Crippen molar-refractivity contribution in [1.82, 2.24) is 0 Å². The maximum Gasteiger partial charge on any atom is 0.108 e. The molecule has 0 radical (unpaired) electrons. The van der Waals surface area contributed by atoms with Crippen LogP contribution in [0.2, 0.25) is 0 Å². The van der Waals surface area contributed by atoms with Gasteiger partial charge in [-0.1, -0.05) is 58.5 Å². The minimum absolute atomic E-state index is 0.437. The van der Waals surface area contributed by atoms with E-state index in [4.69, 9.17) is 4.74 Å². The van der Waals surface area contributed by atoms with Crippen LogP contribution in [-0.2, 0) is 4.74 Å². The molecule has 1 nitrogen and oxygen atoms in total. The van der Waals surface area contributed by atoms with Crippen LogP contribution in [-0.4, -0.2) is 15.1 Å². The van der Waals surface area contributed by atoms with Gasteiger partial charge in [0, 0.05) is 6.61 Å². The van der Waals surface area contributed by atoms with Crippen molar-refractivity contribution in [2.45, 2.75) is 36.7 Å². The molecular formula is C8H16I2O. The first-order valence-electron chi connectivity index (χ1n) is 4.13. The van der Waals surface area contributed by atoms with Crippen molar-refractivity contribution < 1.29 is 4.74 Å². The molecule has 0 aliphatic heterocycles. The molecule has 0 saturated carbocycles. The molecule has 0 aromatic rings. The summed E-state index contributed by atoms with van der Waals surface area (Å²) < 4.78 is 7.26. The highest BCUT2D eigenvalue weighted by Gasteiger charge is 2.00. The van der Waals surface area contributed by atoms with Crippen LogP contribution < -0.4 is 0 Å². The maximum absolute atomic E-state index is 5.57. The number of alkyl halides is 2. The highest BCUT2D eigenvalue weighted by molar-refractivity contribution is 14.1. The fourth-order valence-corrected chi connectivity index (χ4v) is 2.13. The molecule has 0 spiro atoms. The molecule has 1 atom stereocenters. The SMILES string of the molecule is CCC[C@H](I)OCCCCI. The average molecular weight is 382 g/mol. The molecule has 0 bridgehead atoms. The van der Waals surface area contributed by atoms with Crippen molar-refractivity contribution in [3.05, 3.63) is 0 Å². The maximum atomic E-state index is 5.57. The Morgan fingerprint density at radius 1 is 1.36 bits per heavy atom. The Morgan fingerprint density at radius 3 is 2.64 bits per heavy atom. The second kappa shape index (κ2) is 9.51. The van der Waals surface area contributed by atoms with E-state index in [1.807, 2.05) is 0 Å². The minimum Gasteiger partial charge on any atom is -0.368 e. The Hall–Kier alpha value is 1.42. The fourth-order valence-electron chi connectivity index (χ4n) is 0.718. The zero-order valence-electron chi connectivity index (χ0n) is 6.98. The van der Waals surface area contributed by atoms with Gasteiger partial charge in [0.1, 0.15) is 4.11 Å². The molecule has 0 heterocycles. The lowest BCUT2D eigenvalue weighted by atomic mass is 10.3. The third-order valence-corrected chi connectivity index (χ3v) is 3.09. The predicted molar refractivity (Wildman–Crippen MR) is 66.8 cm³/mol. The van der Waals surface area contributed by atoms with E-state index in [-0.39, 0.29) is 0 Å². The Morgan fingerprint density at radius 2 is 2.09 bits per heavy atom. The Labute approximate surface area is 96.9 Å². The van der Waals surface area contributed by atoms with E-state index in [2.05, 4.69) is 52.1 Å². The van der Waals surface area contributed by atoms with Crippen LogP contribution in [0.3, 0.4) is 0 Å². The molecule has 0 unspecified atom stereocenters. The molecule has 0 rings (SSSR count). The predicted octanol–water partition coefficient (Wildman–Crippen LogP) is 3.78. The quantitative estimate of drug-likeness (QED) is 0.370. The summed E-state index contributed by atoms with van der Waals surface area (Å²) >= 11 is 4.77. The molecule has 0 aromatic heterocycles. The Kier molecular flexibility index (Phi) is 10.7. The van der Waals surface area contributed by atoms with Crippen LogP contribution in [0, 0.1) is 0 Å². The number of halogens is 2. The first kappa shape index (κ1) is 12.4. The van der Waals surface area contributed by atoms with Crippen molar-refractivity contribution in [1.29, 1.82) is 0 Å². The highest BCUT2D eigenvalue weighted by atomic mass is 127. The van der Waals surface area contributed by atoms with Gasteiger partial charge in [0.25, 0.3) is 0 Å². The molecule has 0 amide bonds. The van der Waals surface area contributed by atoms with Gasteiger partial charge in [-0.25, -0.2) is 0 Å². The van der Waals surface area contributed by atoms with E-state index in [1.54, 1.807) is 0 Å². The Bertz CT molecular complexity index is 78.5. The monoisotopic (exact) mass is 382 g/mol. The summed E-state index contributed by atoms with van der Waals surface area (Å²) in [5, 5.41) is 0. The summed E-state index contributed by atoms with van der Waals surface area (Å²) in [5.41, 5.74) is 0. The van der Waals surface area contributed by atoms with Crippen molar-refractivity contribution in [3.63, 3.8) is 0 Å². The molecule has 0 aromatic carbocycles. The van der Waals surface area contributed by atoms with Gasteiger partial charge < -0.3 is 4.74 Å². The number of unbranched alkanes of at least 4 members (excludes halogenated alkanes) is 1. The molecule has 11 heavy (non-hydrogen) atoms. The van der Waals surface area contributed by atoms with Gasteiger partial charge in [-0.15, -0.1) is 0 Å². The first-order valence-corrected chi connectivity index (χ1v) is 6.90. The van der Waals surface area contributed by atoms with Crippen LogP contribution in [0.15, 0.2) is 0 Å². The lowest BCUT2D eigenvalue weighted by molar-refractivity contribution is 0.115. The van der Waals surface area contributed by atoms with E-state index in [0.29, 0.717) is 4.11 Å². The largest absolute Gasteiger partial charge is 0.368 e. The van der Waals surface area contributed by atoms with Crippen LogP contribution in [0.1, 0.15) is 32.6 Å². The number of rotatable bonds is 7. The van der Waals surface area contributed by atoms with Crippen LogP contribution >= 0.6 is 45.2 Å². The summed E-state index contributed by atoms with van der Waals surface area (Å²) in [6.45, 7) is 3.14. The second-order valence-corrected chi connectivity index (χ2v) is 4.93. The summed E-state index contributed by atoms with van der Waals surface area (Å²) in [5.74, 6) is 0. The standard InChI is InChI=1S/C8H16I2O/c1-2-5-8(10)11-7-4-3-6-9/h8H,2-7H2,1H3/t8-/m1/s1. The molecule has 68 valence electrons. The van der Waals surface area contributed by atoms with Crippen molar-refractivity contribution >= 4 is 45.2 Å². The normalized spacial score (nSPS) is 13.4. The van der Waals surface area contributed by atoms with Crippen LogP contribution in [0.5, 0.6) is 0 Å². The van der Waals surface area contributed by atoms with Gasteiger partial charge in [0.2, 0.25) is 0 Å². The molecule has 0 N–H and O–H groups in total. The second-order valence-electron chi connectivity index (χ2n) is 2.47. The molecular weight excluding hydrogens is 366 g/mol. The molecule has 3 heteroatoms. The van der Waals surface area contributed by atoms with Gasteiger partial charge in [-0.05, 0) is 23.7 Å². The molecule has 0 aliphatic rings. The van der Waals surface area contributed by atoms with Crippen LogP contribution in [0.4, 0.5) is 0 Å². The third-order valence-electron chi connectivity index (χ3n) is 1.34. The number of hydrogen-bond donors (Lipinski definition) is 0. The van der Waals surface area contributed by atoms with Gasteiger partial charge in [0.05, 0.1) is 0 Å². The highest BCUT2D eigenvalue weighted by Crippen LogP contribution is 2.10. The smallest absolute Gasteiger partial charge is 0.108 e. The number of ether oxygens (including phenoxy) is 1. The van der Waals surface area contributed by atoms with Crippen molar-refractivity contribution in [3.8, 4) is 0 Å². The molecule has 0 saturated heterocycles. The third kappa shape index (κ3) is 9.33. The van der Waals surface area contributed by atoms with E-state index < -0.39 is 0 Å². The minimum atomic E-state index is 0.437. The van der Waals surface area contributed by atoms with Gasteiger partial charge in [-0.2, -0.15) is 0 Å². The zero-order chi connectivity index (χ0) is 8.53. The first-order chi connectivity index (χ1) is 5.31. The van der Waals surface area contributed by atoms with Gasteiger partial charge >= 0.3 is 0 Å². The molecule has 0 aliphatic carbocycles. The van der Waals surface area contributed by atoms with E-state index >= 15 is 0 Å².